The second kappa shape index (κ2) is 7.41. The van der Waals surface area contributed by atoms with Crippen LogP contribution in [0.3, 0.4) is 0 Å². The van der Waals surface area contributed by atoms with Crippen LogP contribution in [0, 0.1) is 17.8 Å². The van der Waals surface area contributed by atoms with Crippen LogP contribution in [-0.4, -0.2) is 25.5 Å². The first-order valence-electron chi connectivity index (χ1n) is 9.14. The molecule has 0 spiro atoms. The molecule has 0 saturated heterocycles. The highest BCUT2D eigenvalue weighted by Gasteiger charge is 2.49. The van der Waals surface area contributed by atoms with Crippen molar-refractivity contribution in [2.24, 2.45) is 17.8 Å². The van der Waals surface area contributed by atoms with Crippen LogP contribution >= 0.6 is 0 Å². The Morgan fingerprint density at radius 3 is 2.39 bits per heavy atom. The van der Waals surface area contributed by atoms with Crippen LogP contribution in [0.25, 0.3) is 0 Å². The van der Waals surface area contributed by atoms with Crippen molar-refractivity contribution in [2.75, 3.05) is 0 Å². The van der Waals surface area contributed by atoms with Crippen molar-refractivity contribution in [3.63, 3.8) is 0 Å². The maximum absolute atomic E-state index is 12.8. The molecule has 2 aromatic rings. The largest absolute Gasteiger partial charge is 0.489 e. The first kappa shape index (κ1) is 18.7. The number of hydrogen-bond acceptors (Lipinski definition) is 4. The van der Waals surface area contributed by atoms with E-state index < -0.39 is 28.0 Å². The summed E-state index contributed by atoms with van der Waals surface area (Å²) in [6.07, 6.45) is 4.47. The molecular weight excluding hydrogens is 378 g/mol. The molecule has 1 saturated carbocycles. The van der Waals surface area contributed by atoms with Gasteiger partial charge in [-0.25, -0.2) is 13.1 Å². The van der Waals surface area contributed by atoms with Gasteiger partial charge < -0.3 is 9.84 Å². The molecule has 4 unspecified atom stereocenters. The second-order valence-electron chi connectivity index (χ2n) is 7.21. The van der Waals surface area contributed by atoms with E-state index in [0.29, 0.717) is 18.8 Å². The molecule has 0 radical (unpaired) electrons. The van der Waals surface area contributed by atoms with Gasteiger partial charge in [0.25, 0.3) is 0 Å². The molecule has 146 valence electrons. The van der Waals surface area contributed by atoms with E-state index in [9.17, 15) is 18.3 Å². The quantitative estimate of drug-likeness (QED) is 0.699. The summed E-state index contributed by atoms with van der Waals surface area (Å²) in [7, 11) is -3.82. The van der Waals surface area contributed by atoms with Crippen LogP contribution < -0.4 is 9.46 Å². The summed E-state index contributed by atoms with van der Waals surface area (Å²) in [5.41, 5.74) is 1.02. The standard InChI is InChI=1S/C21H21NO5S/c23-21(24)19-15-6-7-16(12-15)20(19)22-28(25,26)18-10-8-17(9-11-18)27-13-14-4-2-1-3-5-14/h1-11,15-16,19-20,22H,12-13H2,(H,23,24). The van der Waals surface area contributed by atoms with Crippen molar-refractivity contribution in [3.05, 3.63) is 72.3 Å². The first-order chi connectivity index (χ1) is 13.4. The Bertz CT molecular complexity index is 985. The van der Waals surface area contributed by atoms with Crippen molar-refractivity contribution in [2.45, 2.75) is 24.0 Å². The lowest BCUT2D eigenvalue weighted by molar-refractivity contribution is -0.143. The number of hydrogen-bond donors (Lipinski definition) is 2. The summed E-state index contributed by atoms with van der Waals surface area (Å²) < 4.78 is 33.8. The van der Waals surface area contributed by atoms with Crippen molar-refractivity contribution in [1.82, 2.24) is 4.72 Å². The molecular formula is C21H21NO5S. The Hall–Kier alpha value is -2.64. The molecule has 0 heterocycles. The number of allylic oxidation sites excluding steroid dienone is 1. The Labute approximate surface area is 163 Å². The maximum Gasteiger partial charge on any atom is 0.308 e. The van der Waals surface area contributed by atoms with Crippen molar-refractivity contribution < 1.29 is 23.1 Å². The fourth-order valence-electron chi connectivity index (χ4n) is 4.02. The number of carboxylic acids is 1. The Morgan fingerprint density at radius 2 is 1.71 bits per heavy atom. The number of carboxylic acid groups (broad SMARTS) is 1. The van der Waals surface area contributed by atoms with Gasteiger partial charge in [0.2, 0.25) is 10.0 Å². The smallest absolute Gasteiger partial charge is 0.308 e. The first-order valence-corrected chi connectivity index (χ1v) is 10.6. The van der Waals surface area contributed by atoms with Gasteiger partial charge in [-0.3, -0.25) is 4.79 Å². The molecule has 4 atom stereocenters. The molecule has 0 aromatic heterocycles. The van der Waals surface area contributed by atoms with Crippen LogP contribution in [0.15, 0.2) is 71.6 Å². The molecule has 2 N–H and O–H groups in total. The van der Waals surface area contributed by atoms with Gasteiger partial charge in [-0.05, 0) is 48.1 Å². The molecule has 6 nitrogen and oxygen atoms in total. The second-order valence-corrected chi connectivity index (χ2v) is 8.92. The number of rotatable bonds is 7. The van der Waals surface area contributed by atoms with Crippen molar-refractivity contribution in [3.8, 4) is 5.75 Å². The highest BCUT2D eigenvalue weighted by molar-refractivity contribution is 7.89. The van der Waals surface area contributed by atoms with Gasteiger partial charge in [-0.2, -0.15) is 0 Å². The summed E-state index contributed by atoms with van der Waals surface area (Å²) in [4.78, 5) is 11.7. The van der Waals surface area contributed by atoms with Crippen molar-refractivity contribution in [1.29, 1.82) is 0 Å². The van der Waals surface area contributed by atoms with Crippen LogP contribution in [0.2, 0.25) is 0 Å². The van der Waals surface area contributed by atoms with Gasteiger partial charge in [-0.1, -0.05) is 42.5 Å². The zero-order valence-corrected chi connectivity index (χ0v) is 15.9. The summed E-state index contributed by atoms with van der Waals surface area (Å²) in [6, 6.07) is 15.2. The van der Waals surface area contributed by atoms with Crippen LogP contribution in [-0.2, 0) is 21.4 Å². The third-order valence-corrected chi connectivity index (χ3v) is 6.89. The van der Waals surface area contributed by atoms with Crippen LogP contribution in [0.5, 0.6) is 5.75 Å². The van der Waals surface area contributed by atoms with Crippen molar-refractivity contribution >= 4 is 16.0 Å². The monoisotopic (exact) mass is 399 g/mol. The zero-order chi connectivity index (χ0) is 19.7. The predicted molar refractivity (Wildman–Crippen MR) is 103 cm³/mol. The van der Waals surface area contributed by atoms with Crippen LogP contribution in [0.4, 0.5) is 0 Å². The van der Waals surface area contributed by atoms with E-state index in [2.05, 4.69) is 4.72 Å². The van der Waals surface area contributed by atoms with E-state index >= 15 is 0 Å². The normalized spacial score (nSPS) is 25.7. The molecule has 0 amide bonds. The van der Waals surface area contributed by atoms with E-state index in [1.165, 1.54) is 12.1 Å². The minimum atomic E-state index is -3.82. The number of benzene rings is 2. The number of aliphatic carboxylic acids is 1. The lowest BCUT2D eigenvalue weighted by atomic mass is 9.90. The van der Waals surface area contributed by atoms with Crippen LogP contribution in [0.1, 0.15) is 12.0 Å². The van der Waals surface area contributed by atoms with Gasteiger partial charge in [0.05, 0.1) is 10.8 Å². The third kappa shape index (κ3) is 3.68. The van der Waals surface area contributed by atoms with Gasteiger partial charge in [0.15, 0.2) is 0 Å². The summed E-state index contributed by atoms with van der Waals surface area (Å²) in [6.45, 7) is 0.392. The molecule has 2 aliphatic carbocycles. The minimum Gasteiger partial charge on any atom is -0.489 e. The summed E-state index contributed by atoms with van der Waals surface area (Å²) in [5, 5.41) is 9.48. The minimum absolute atomic E-state index is 0.0747. The number of carbonyl (C=O) groups is 1. The number of sulfonamides is 1. The van der Waals surface area contributed by atoms with E-state index in [4.69, 9.17) is 4.74 Å². The molecule has 2 aromatic carbocycles. The van der Waals surface area contributed by atoms with Gasteiger partial charge in [-0.15, -0.1) is 0 Å². The average molecular weight is 399 g/mol. The van der Waals surface area contributed by atoms with Gasteiger partial charge in [0, 0.05) is 6.04 Å². The third-order valence-electron chi connectivity index (χ3n) is 5.42. The topological polar surface area (TPSA) is 92.7 Å². The maximum atomic E-state index is 12.8. The average Bonchev–Trinajstić information content (AvgIpc) is 3.29. The molecule has 4 rings (SSSR count). The fourth-order valence-corrected chi connectivity index (χ4v) is 5.33. The fraction of sp³-hybridized carbons (Fsp3) is 0.286. The molecule has 2 aliphatic rings. The number of ether oxygens (including phenoxy) is 1. The predicted octanol–water partition coefficient (Wildman–Crippen LogP) is 2.82. The van der Waals surface area contributed by atoms with E-state index in [1.54, 1.807) is 12.1 Å². The summed E-state index contributed by atoms with van der Waals surface area (Å²) >= 11 is 0. The Morgan fingerprint density at radius 1 is 1.04 bits per heavy atom. The molecule has 1 fully saturated rings. The highest BCUT2D eigenvalue weighted by Crippen LogP contribution is 2.44. The Kier molecular flexibility index (Phi) is 4.95. The molecule has 7 heteroatoms. The lowest BCUT2D eigenvalue weighted by Gasteiger charge is -2.25. The van der Waals surface area contributed by atoms with E-state index in [1.807, 2.05) is 42.5 Å². The van der Waals surface area contributed by atoms with E-state index in [0.717, 1.165) is 5.56 Å². The molecule has 0 aliphatic heterocycles. The lowest BCUT2D eigenvalue weighted by Crippen LogP contribution is -2.45. The summed E-state index contributed by atoms with van der Waals surface area (Å²) in [5.74, 6) is -1.31. The molecule has 28 heavy (non-hydrogen) atoms. The number of fused-ring (bicyclic) bond motifs is 2. The van der Waals surface area contributed by atoms with Gasteiger partial charge in [0.1, 0.15) is 12.4 Å². The molecule has 2 bridgehead atoms. The highest BCUT2D eigenvalue weighted by atomic mass is 32.2. The zero-order valence-electron chi connectivity index (χ0n) is 15.1. The Balaban J connectivity index is 1.44. The van der Waals surface area contributed by atoms with Gasteiger partial charge >= 0.3 is 5.97 Å². The SMILES string of the molecule is O=C(O)C1C2C=CC(C2)C1NS(=O)(=O)c1ccc(OCc2ccccc2)cc1. The van der Waals surface area contributed by atoms with E-state index in [-0.39, 0.29) is 16.7 Å². The number of nitrogens with one attached hydrogen (secondary N) is 1.